The van der Waals surface area contributed by atoms with Crippen LogP contribution >= 0.6 is 11.8 Å². The summed E-state index contributed by atoms with van der Waals surface area (Å²) in [6.07, 6.45) is -4.98. The maximum absolute atomic E-state index is 13.2. The molecule has 2 heterocycles. The Hall–Kier alpha value is -3.18. The van der Waals surface area contributed by atoms with Gasteiger partial charge >= 0.3 is 6.18 Å². The fourth-order valence-corrected chi connectivity index (χ4v) is 3.87. The lowest BCUT2D eigenvalue weighted by molar-refractivity contribution is -0.301. The molecule has 0 saturated heterocycles. The van der Waals surface area contributed by atoms with Crippen molar-refractivity contribution in [1.29, 1.82) is 0 Å². The summed E-state index contributed by atoms with van der Waals surface area (Å²) in [6, 6.07) is 18.4. The van der Waals surface area contributed by atoms with Crippen LogP contribution in [0.5, 0.6) is 0 Å². The molecule has 1 aromatic heterocycles. The molecule has 7 nitrogen and oxygen atoms in total. The topological polar surface area (TPSA) is 83.6 Å². The average Bonchev–Trinajstić information content (AvgIpc) is 3.37. The molecule has 1 aliphatic heterocycles. The maximum atomic E-state index is 13.2. The highest BCUT2D eigenvalue weighted by Gasteiger charge is 2.61. The van der Waals surface area contributed by atoms with E-state index in [-0.39, 0.29) is 5.01 Å². The number of halogens is 3. The number of para-hydroxylation sites is 1. The lowest BCUT2D eigenvalue weighted by atomic mass is 10.1. The molecular weight excluding hydrogens is 431 g/mol. The molecule has 160 valence electrons. The summed E-state index contributed by atoms with van der Waals surface area (Å²) < 4.78 is 41.4. The predicted molar refractivity (Wildman–Crippen MR) is 108 cm³/mol. The van der Waals surface area contributed by atoms with Crippen LogP contribution in [0.25, 0.3) is 17.1 Å². The molecule has 1 amide bonds. The quantitative estimate of drug-likeness (QED) is 0.606. The third kappa shape index (κ3) is 3.93. The number of rotatable bonds is 5. The molecule has 2 aromatic carbocycles. The van der Waals surface area contributed by atoms with Crippen LogP contribution in [0.4, 0.5) is 13.2 Å². The molecule has 0 spiro atoms. The molecule has 1 aliphatic rings. The van der Waals surface area contributed by atoms with Crippen LogP contribution in [0.3, 0.4) is 0 Å². The van der Waals surface area contributed by atoms with E-state index in [4.69, 9.17) is 0 Å². The molecule has 0 bridgehead atoms. The van der Waals surface area contributed by atoms with Crippen LogP contribution < -0.4 is 0 Å². The van der Waals surface area contributed by atoms with Crippen molar-refractivity contribution in [1.82, 2.24) is 19.8 Å². The Balaban J connectivity index is 1.62. The Morgan fingerprint density at radius 3 is 2.35 bits per heavy atom. The first-order valence-corrected chi connectivity index (χ1v) is 10.1. The number of benzene rings is 2. The summed E-state index contributed by atoms with van der Waals surface area (Å²) in [5, 5.41) is 22.1. The number of aromatic nitrogens is 3. The molecule has 1 atom stereocenters. The van der Waals surface area contributed by atoms with Crippen LogP contribution in [0.1, 0.15) is 6.42 Å². The zero-order chi connectivity index (χ0) is 22.1. The Morgan fingerprint density at radius 2 is 1.71 bits per heavy atom. The zero-order valence-electron chi connectivity index (χ0n) is 15.9. The number of hydrogen-bond acceptors (Lipinski definition) is 6. The number of nitrogens with zero attached hydrogens (tertiary/aromatic N) is 5. The number of amides is 1. The SMILES string of the molecule is O=C(CSc1nnc(-c2ccccc2)n1-c1ccccc1)N1N=CCC1(O)C(F)(F)F. The second-order valence-electron chi connectivity index (χ2n) is 6.65. The van der Waals surface area contributed by atoms with E-state index in [1.165, 1.54) is 0 Å². The summed E-state index contributed by atoms with van der Waals surface area (Å²) in [5.74, 6) is -0.898. The fourth-order valence-electron chi connectivity index (χ4n) is 3.07. The number of hydrazone groups is 1. The first-order chi connectivity index (χ1) is 14.8. The van der Waals surface area contributed by atoms with Gasteiger partial charge in [0.2, 0.25) is 0 Å². The van der Waals surface area contributed by atoms with Crippen LogP contribution in [-0.2, 0) is 4.79 Å². The summed E-state index contributed by atoms with van der Waals surface area (Å²) in [6.45, 7) is 0. The van der Waals surface area contributed by atoms with E-state index in [1.807, 2.05) is 60.7 Å². The molecule has 0 fully saturated rings. The number of thioether (sulfide) groups is 1. The Bertz CT molecular complexity index is 1110. The van der Waals surface area contributed by atoms with E-state index < -0.39 is 30.0 Å². The second-order valence-corrected chi connectivity index (χ2v) is 7.60. The molecule has 3 aromatic rings. The van der Waals surface area contributed by atoms with Gasteiger partial charge in [0, 0.05) is 23.9 Å². The van der Waals surface area contributed by atoms with Crippen molar-refractivity contribution in [2.45, 2.75) is 23.5 Å². The van der Waals surface area contributed by atoms with Gasteiger partial charge in [-0.25, -0.2) is 0 Å². The number of hydrogen-bond donors (Lipinski definition) is 1. The van der Waals surface area contributed by atoms with Gasteiger partial charge in [-0.05, 0) is 12.1 Å². The molecule has 0 aliphatic carbocycles. The fraction of sp³-hybridized carbons (Fsp3) is 0.200. The minimum Gasteiger partial charge on any atom is -0.362 e. The summed E-state index contributed by atoms with van der Waals surface area (Å²) in [4.78, 5) is 12.5. The standard InChI is InChI=1S/C20H16F3N5O2S/c21-20(22,23)19(30)11-12-24-28(19)16(29)13-31-18-26-25-17(14-7-3-1-4-8-14)27(18)15-9-5-2-6-10-15/h1-10,12,30H,11,13H2. The first-order valence-electron chi connectivity index (χ1n) is 9.15. The highest BCUT2D eigenvalue weighted by molar-refractivity contribution is 7.99. The highest BCUT2D eigenvalue weighted by atomic mass is 32.2. The zero-order valence-corrected chi connectivity index (χ0v) is 16.7. The predicted octanol–water partition coefficient (Wildman–Crippen LogP) is 3.50. The number of carbonyl (C=O) groups is 1. The second kappa shape index (κ2) is 8.16. The van der Waals surface area contributed by atoms with Gasteiger partial charge in [0.25, 0.3) is 11.6 Å². The Labute approximate surface area is 179 Å². The molecule has 0 radical (unpaired) electrons. The van der Waals surface area contributed by atoms with Crippen molar-refractivity contribution in [3.8, 4) is 17.1 Å². The van der Waals surface area contributed by atoms with E-state index >= 15 is 0 Å². The molecule has 1 N–H and O–H groups in total. The number of carbonyl (C=O) groups excluding carboxylic acids is 1. The van der Waals surface area contributed by atoms with Crippen molar-refractivity contribution in [2.24, 2.45) is 5.10 Å². The van der Waals surface area contributed by atoms with Crippen molar-refractivity contribution in [3.05, 3.63) is 60.7 Å². The van der Waals surface area contributed by atoms with E-state index in [0.29, 0.717) is 11.0 Å². The molecule has 1 unspecified atom stereocenters. The summed E-state index contributed by atoms with van der Waals surface area (Å²) in [7, 11) is 0. The van der Waals surface area contributed by atoms with Crippen molar-refractivity contribution >= 4 is 23.9 Å². The lowest BCUT2D eigenvalue weighted by Gasteiger charge is -2.32. The van der Waals surface area contributed by atoms with E-state index in [9.17, 15) is 23.1 Å². The maximum Gasteiger partial charge on any atom is 0.438 e. The number of aliphatic hydroxyl groups is 1. The van der Waals surface area contributed by atoms with Gasteiger partial charge in [-0.15, -0.1) is 10.2 Å². The van der Waals surface area contributed by atoms with Crippen LogP contribution in [-0.4, -0.2) is 54.7 Å². The molecule has 31 heavy (non-hydrogen) atoms. The average molecular weight is 447 g/mol. The largest absolute Gasteiger partial charge is 0.438 e. The first kappa shape index (κ1) is 21.1. The van der Waals surface area contributed by atoms with E-state index in [1.54, 1.807) is 4.57 Å². The van der Waals surface area contributed by atoms with Gasteiger partial charge in [-0.2, -0.15) is 23.3 Å². The van der Waals surface area contributed by atoms with Gasteiger partial charge in [-0.1, -0.05) is 60.3 Å². The highest BCUT2D eigenvalue weighted by Crippen LogP contribution is 2.39. The van der Waals surface area contributed by atoms with Gasteiger partial charge in [-0.3, -0.25) is 9.36 Å². The van der Waals surface area contributed by atoms with Gasteiger partial charge < -0.3 is 5.11 Å². The smallest absolute Gasteiger partial charge is 0.362 e. The van der Waals surface area contributed by atoms with Crippen LogP contribution in [0, 0.1) is 0 Å². The molecular formula is C20H16F3N5O2S. The van der Waals surface area contributed by atoms with E-state index in [2.05, 4.69) is 15.3 Å². The van der Waals surface area contributed by atoms with Crippen LogP contribution in [0.2, 0.25) is 0 Å². The van der Waals surface area contributed by atoms with Gasteiger partial charge in [0.1, 0.15) is 0 Å². The van der Waals surface area contributed by atoms with Crippen molar-refractivity contribution < 1.29 is 23.1 Å². The normalized spacial score (nSPS) is 18.5. The third-order valence-corrected chi connectivity index (χ3v) is 5.53. The van der Waals surface area contributed by atoms with Crippen molar-refractivity contribution in [2.75, 3.05) is 5.75 Å². The molecule has 11 heteroatoms. The van der Waals surface area contributed by atoms with E-state index in [0.717, 1.165) is 29.2 Å². The van der Waals surface area contributed by atoms with Gasteiger partial charge in [0.15, 0.2) is 11.0 Å². The summed E-state index contributed by atoms with van der Waals surface area (Å²) in [5.41, 5.74) is -1.83. The molecule has 0 saturated carbocycles. The minimum atomic E-state index is -5.03. The van der Waals surface area contributed by atoms with Gasteiger partial charge in [0.05, 0.1) is 5.75 Å². The molecule has 4 rings (SSSR count). The Kier molecular flexibility index (Phi) is 5.54. The third-order valence-electron chi connectivity index (χ3n) is 4.62. The Morgan fingerprint density at radius 1 is 1.06 bits per heavy atom. The summed E-state index contributed by atoms with van der Waals surface area (Å²) >= 11 is 0.910. The monoisotopic (exact) mass is 447 g/mol. The van der Waals surface area contributed by atoms with Crippen molar-refractivity contribution in [3.63, 3.8) is 0 Å². The minimum absolute atomic E-state index is 0.0847. The lowest BCUT2D eigenvalue weighted by Crippen LogP contribution is -2.56. The number of alkyl halides is 3. The van der Waals surface area contributed by atoms with Crippen LogP contribution in [0.15, 0.2) is 70.9 Å².